The number of hydrogen-bond acceptors (Lipinski definition) is 7. The number of pyridine rings is 1. The first-order valence-electron chi connectivity index (χ1n) is 15.5. The van der Waals surface area contributed by atoms with Crippen LogP contribution in [-0.2, 0) is 40.8 Å². The molecule has 3 heterocycles. The Morgan fingerprint density at radius 2 is 1.83 bits per heavy atom. The molecule has 0 aliphatic heterocycles. The molecule has 0 bridgehead atoms. The summed E-state index contributed by atoms with van der Waals surface area (Å²) in [5.41, 5.74) is -0.944. The summed E-state index contributed by atoms with van der Waals surface area (Å²) in [6, 6.07) is 7.74. The third-order valence-electron chi connectivity index (χ3n) is 9.05. The van der Waals surface area contributed by atoms with Crippen molar-refractivity contribution in [2.24, 2.45) is 13.0 Å². The lowest BCUT2D eigenvalue weighted by Gasteiger charge is -2.23. The van der Waals surface area contributed by atoms with E-state index in [1.54, 1.807) is 0 Å². The number of amides is 1. The fourth-order valence-corrected chi connectivity index (χ4v) is 7.74. The highest BCUT2D eigenvalue weighted by Gasteiger charge is 2.67. The van der Waals surface area contributed by atoms with Gasteiger partial charge in [0.1, 0.15) is 35.6 Å². The number of alkyl halides is 4. The van der Waals surface area contributed by atoms with Crippen molar-refractivity contribution in [3.8, 4) is 17.2 Å². The fraction of sp³-hybridized carbons (Fsp3) is 0.303. The smallest absolute Gasteiger partial charge is 0.293 e. The van der Waals surface area contributed by atoms with Crippen LogP contribution in [0, 0.1) is 28.9 Å². The summed E-state index contributed by atoms with van der Waals surface area (Å²) in [5, 5.41) is 20.7. The molecule has 270 valence electrons. The molecule has 1 unspecified atom stereocenters. The standard InChI is InChI=1S/C33H25ClF6N8O3S/c1-47-29-18(3-4-22(34)26(29)32(45-47)46-52(2,50)51)19-7-15(11-41)12-42-27(19)23(8-14-5-16(35)9-17(36)6-14)43-24(49)13-48-30-25(28(44-48)31(37)38)20-10-21(20)33(30,39)40/h3-7,9,12,20-21,23,31H,8,10,13H2,1-2H3,(H,43,49)(H,45,46)/t20-,21?,23-/m0/s1. The maximum Gasteiger partial charge on any atom is 0.293 e. The van der Waals surface area contributed by atoms with Crippen LogP contribution in [0.15, 0.2) is 42.6 Å². The van der Waals surface area contributed by atoms with Crippen LogP contribution in [0.4, 0.5) is 32.2 Å². The number of aromatic nitrogens is 5. The van der Waals surface area contributed by atoms with Crippen molar-refractivity contribution in [2.45, 2.75) is 43.7 Å². The third-order valence-corrected chi connectivity index (χ3v) is 9.92. The van der Waals surface area contributed by atoms with Crippen LogP contribution in [0.1, 0.15) is 58.6 Å². The van der Waals surface area contributed by atoms with E-state index in [4.69, 9.17) is 11.6 Å². The summed E-state index contributed by atoms with van der Waals surface area (Å²) in [6.07, 6.45) is -1.36. The first-order valence-corrected chi connectivity index (χ1v) is 17.8. The van der Waals surface area contributed by atoms with Crippen LogP contribution in [-0.4, -0.2) is 45.1 Å². The van der Waals surface area contributed by atoms with Gasteiger partial charge in [-0.15, -0.1) is 0 Å². The average molecular weight is 763 g/mol. The quantitative estimate of drug-likeness (QED) is 0.160. The number of anilines is 1. The van der Waals surface area contributed by atoms with E-state index in [2.05, 4.69) is 25.2 Å². The minimum Gasteiger partial charge on any atom is -0.346 e. The Morgan fingerprint density at radius 3 is 2.48 bits per heavy atom. The second-order valence-corrected chi connectivity index (χ2v) is 14.9. The highest BCUT2D eigenvalue weighted by Crippen LogP contribution is 2.68. The number of benzene rings is 2. The summed E-state index contributed by atoms with van der Waals surface area (Å²) in [7, 11) is -2.32. The Bertz CT molecular complexity index is 2440. The number of nitrogens with zero attached hydrogens (tertiary/aromatic N) is 6. The number of carbonyl (C=O) groups is 1. The van der Waals surface area contributed by atoms with Crippen LogP contribution in [0.3, 0.4) is 0 Å². The van der Waals surface area contributed by atoms with E-state index in [1.165, 1.54) is 36.1 Å². The first-order chi connectivity index (χ1) is 24.5. The Labute approximate surface area is 296 Å². The summed E-state index contributed by atoms with van der Waals surface area (Å²) >= 11 is 6.51. The Hall–Kier alpha value is -5.15. The highest BCUT2D eigenvalue weighted by molar-refractivity contribution is 7.92. The normalized spacial score (nSPS) is 17.9. The minimum atomic E-state index is -3.82. The number of sulfonamides is 1. The molecule has 2 aromatic carbocycles. The molecule has 3 atom stereocenters. The molecule has 52 heavy (non-hydrogen) atoms. The van der Waals surface area contributed by atoms with Crippen LogP contribution in [0.2, 0.25) is 5.02 Å². The first kappa shape index (κ1) is 35.3. The van der Waals surface area contributed by atoms with Crippen molar-refractivity contribution < 1.29 is 39.6 Å². The topological polar surface area (TPSA) is 148 Å². The van der Waals surface area contributed by atoms with Crippen molar-refractivity contribution >= 4 is 44.3 Å². The number of hydrogen-bond donors (Lipinski definition) is 2. The molecular formula is C33H25ClF6N8O3S. The maximum absolute atomic E-state index is 15.2. The number of carbonyl (C=O) groups excluding carboxylic acids is 1. The Morgan fingerprint density at radius 1 is 1.12 bits per heavy atom. The lowest BCUT2D eigenvalue weighted by atomic mass is 9.93. The van der Waals surface area contributed by atoms with Crippen molar-refractivity contribution in [1.29, 1.82) is 5.26 Å². The van der Waals surface area contributed by atoms with Gasteiger partial charge in [-0.05, 0) is 48.6 Å². The van der Waals surface area contributed by atoms with E-state index < -0.39 is 75.7 Å². The van der Waals surface area contributed by atoms with Crippen molar-refractivity contribution in [1.82, 2.24) is 29.9 Å². The van der Waals surface area contributed by atoms with Gasteiger partial charge in [0.05, 0.1) is 39.5 Å². The van der Waals surface area contributed by atoms with Gasteiger partial charge in [-0.3, -0.25) is 23.9 Å². The summed E-state index contributed by atoms with van der Waals surface area (Å²) < 4.78 is 115. The second kappa shape index (κ2) is 12.5. The molecule has 1 fully saturated rings. The molecule has 0 spiro atoms. The lowest BCUT2D eigenvalue weighted by molar-refractivity contribution is -0.123. The molecule has 1 amide bonds. The molecule has 1 saturated carbocycles. The predicted octanol–water partition coefficient (Wildman–Crippen LogP) is 6.25. The SMILES string of the molecule is Cn1nc(NS(C)(=O)=O)c2c(Cl)ccc(-c3cc(C#N)cnc3[C@H](Cc3cc(F)cc(F)c3)NC(=O)Cn3nc(C(F)F)c4c3C(F)(F)C3C[C@H]43)c21. The molecule has 0 radical (unpaired) electrons. The maximum atomic E-state index is 15.2. The molecule has 7 rings (SSSR count). The minimum absolute atomic E-state index is 0.0253. The van der Waals surface area contributed by atoms with Crippen LogP contribution in [0.25, 0.3) is 22.0 Å². The molecule has 2 aliphatic carbocycles. The van der Waals surface area contributed by atoms with Crippen LogP contribution in [0.5, 0.6) is 0 Å². The van der Waals surface area contributed by atoms with Crippen LogP contribution >= 0.6 is 11.6 Å². The zero-order valence-electron chi connectivity index (χ0n) is 26.9. The van der Waals surface area contributed by atoms with Gasteiger partial charge in [0.15, 0.2) is 5.82 Å². The zero-order valence-corrected chi connectivity index (χ0v) is 28.5. The second-order valence-electron chi connectivity index (χ2n) is 12.7. The van der Waals surface area contributed by atoms with Crippen molar-refractivity contribution in [2.75, 3.05) is 11.0 Å². The van der Waals surface area contributed by atoms with Gasteiger partial charge in [0, 0.05) is 41.9 Å². The van der Waals surface area contributed by atoms with E-state index in [0.717, 1.165) is 18.4 Å². The van der Waals surface area contributed by atoms with Crippen LogP contribution < -0.4 is 10.0 Å². The molecular weight excluding hydrogens is 738 g/mol. The highest BCUT2D eigenvalue weighted by atomic mass is 35.5. The van der Waals surface area contributed by atoms with E-state index in [-0.39, 0.29) is 62.5 Å². The van der Waals surface area contributed by atoms with Crippen molar-refractivity contribution in [3.05, 3.63) is 93.0 Å². The Balaban J connectivity index is 1.35. The summed E-state index contributed by atoms with van der Waals surface area (Å²) in [6.45, 7) is -0.906. The summed E-state index contributed by atoms with van der Waals surface area (Å²) in [5.74, 6) is -8.38. The number of rotatable bonds is 10. The van der Waals surface area contributed by atoms with Gasteiger partial charge in [-0.25, -0.2) is 26.0 Å². The van der Waals surface area contributed by atoms with Gasteiger partial charge < -0.3 is 5.32 Å². The molecule has 0 saturated heterocycles. The third kappa shape index (κ3) is 6.21. The molecule has 5 aromatic rings. The van der Waals surface area contributed by atoms with E-state index >= 15 is 8.78 Å². The number of aryl methyl sites for hydroxylation is 1. The monoisotopic (exact) mass is 762 g/mol. The van der Waals surface area contributed by atoms with E-state index in [1.807, 2.05) is 6.07 Å². The molecule has 19 heteroatoms. The largest absolute Gasteiger partial charge is 0.346 e. The van der Waals surface area contributed by atoms with Crippen molar-refractivity contribution in [3.63, 3.8) is 0 Å². The number of fused-ring (bicyclic) bond motifs is 4. The van der Waals surface area contributed by atoms with E-state index in [0.29, 0.717) is 16.3 Å². The number of nitrogens with one attached hydrogen (secondary N) is 2. The molecule has 2 N–H and O–H groups in total. The molecule has 3 aromatic heterocycles. The number of halogens is 7. The Kier molecular flexibility index (Phi) is 8.49. The number of nitriles is 1. The summed E-state index contributed by atoms with van der Waals surface area (Å²) in [4.78, 5) is 18.1. The predicted molar refractivity (Wildman–Crippen MR) is 175 cm³/mol. The average Bonchev–Trinajstić information content (AvgIpc) is 3.59. The van der Waals surface area contributed by atoms with Gasteiger partial charge in [0.2, 0.25) is 15.9 Å². The van der Waals surface area contributed by atoms with E-state index in [9.17, 15) is 36.0 Å². The molecule has 2 aliphatic rings. The molecule has 11 nitrogen and oxygen atoms in total. The van der Waals surface area contributed by atoms with Gasteiger partial charge in [-0.2, -0.15) is 24.2 Å². The lowest BCUT2D eigenvalue weighted by Crippen LogP contribution is -2.35. The fourth-order valence-electron chi connectivity index (χ4n) is 7.01. The zero-order chi connectivity index (χ0) is 37.4. The van der Waals surface area contributed by atoms with Gasteiger partial charge in [0.25, 0.3) is 12.3 Å². The van der Waals surface area contributed by atoms with Gasteiger partial charge in [-0.1, -0.05) is 17.7 Å². The van der Waals surface area contributed by atoms with Gasteiger partial charge >= 0.3 is 0 Å².